The monoisotopic (exact) mass is 252 g/mol. The molecule has 2 rings (SSSR count). The summed E-state index contributed by atoms with van der Waals surface area (Å²) >= 11 is 0. The fourth-order valence-corrected chi connectivity index (χ4v) is 2.21. The van der Waals surface area contributed by atoms with Crippen LogP contribution in [0, 0.1) is 0 Å². The van der Waals surface area contributed by atoms with Crippen molar-refractivity contribution in [2.24, 2.45) is 0 Å². The predicted octanol–water partition coefficient (Wildman–Crippen LogP) is 0.667. The SMILES string of the molecule is COc1cc2c(cc1OC)C(C(=O)O)(C(=O)O)C2. The van der Waals surface area contributed by atoms with Crippen LogP contribution in [0.2, 0.25) is 0 Å². The molecule has 1 aliphatic rings. The van der Waals surface area contributed by atoms with Gasteiger partial charge in [-0.3, -0.25) is 9.59 Å². The molecule has 0 aromatic heterocycles. The molecule has 0 unspecified atom stereocenters. The van der Waals surface area contributed by atoms with Crippen molar-refractivity contribution in [3.63, 3.8) is 0 Å². The molecule has 96 valence electrons. The second kappa shape index (κ2) is 3.90. The molecule has 0 fully saturated rings. The smallest absolute Gasteiger partial charge is 0.325 e. The van der Waals surface area contributed by atoms with Crippen molar-refractivity contribution in [3.8, 4) is 11.5 Å². The Hall–Kier alpha value is -2.24. The van der Waals surface area contributed by atoms with Crippen LogP contribution in [0.3, 0.4) is 0 Å². The number of carboxylic acids is 2. The molecular formula is C12H12O6. The van der Waals surface area contributed by atoms with E-state index in [1.807, 2.05) is 0 Å². The zero-order valence-corrected chi connectivity index (χ0v) is 9.89. The largest absolute Gasteiger partial charge is 0.493 e. The Labute approximate surface area is 103 Å². The van der Waals surface area contributed by atoms with E-state index in [1.165, 1.54) is 20.3 Å². The number of ether oxygens (including phenoxy) is 2. The van der Waals surface area contributed by atoms with Crippen molar-refractivity contribution in [1.82, 2.24) is 0 Å². The van der Waals surface area contributed by atoms with Gasteiger partial charge in [0, 0.05) is 6.42 Å². The average Bonchev–Trinajstić information content (AvgIpc) is 2.29. The number of aliphatic carboxylic acids is 2. The summed E-state index contributed by atoms with van der Waals surface area (Å²) in [4.78, 5) is 22.4. The Kier molecular flexibility index (Phi) is 2.65. The third kappa shape index (κ3) is 1.35. The third-order valence-corrected chi connectivity index (χ3v) is 3.25. The summed E-state index contributed by atoms with van der Waals surface area (Å²) in [5.41, 5.74) is -0.966. The molecule has 0 bridgehead atoms. The number of rotatable bonds is 4. The van der Waals surface area contributed by atoms with Gasteiger partial charge in [0.05, 0.1) is 14.2 Å². The Balaban J connectivity index is 2.59. The summed E-state index contributed by atoms with van der Waals surface area (Å²) < 4.78 is 10.1. The van der Waals surface area contributed by atoms with E-state index < -0.39 is 17.4 Å². The van der Waals surface area contributed by atoms with E-state index in [1.54, 1.807) is 6.07 Å². The predicted molar refractivity (Wildman–Crippen MR) is 60.2 cm³/mol. The van der Waals surface area contributed by atoms with Gasteiger partial charge in [-0.2, -0.15) is 0 Å². The molecule has 0 atom stereocenters. The molecule has 6 heteroatoms. The minimum absolute atomic E-state index is 0.0483. The molecule has 18 heavy (non-hydrogen) atoms. The van der Waals surface area contributed by atoms with Gasteiger partial charge in [-0.05, 0) is 23.3 Å². The topological polar surface area (TPSA) is 93.1 Å². The van der Waals surface area contributed by atoms with Gasteiger partial charge in [-0.25, -0.2) is 0 Å². The number of fused-ring (bicyclic) bond motifs is 1. The third-order valence-electron chi connectivity index (χ3n) is 3.25. The first-order valence-corrected chi connectivity index (χ1v) is 5.19. The fraction of sp³-hybridized carbons (Fsp3) is 0.333. The summed E-state index contributed by atoms with van der Waals surface area (Å²) in [6, 6.07) is 3.03. The summed E-state index contributed by atoms with van der Waals surface area (Å²) in [6.45, 7) is 0. The zero-order chi connectivity index (χ0) is 13.5. The molecule has 6 nitrogen and oxygen atoms in total. The molecule has 0 amide bonds. The van der Waals surface area contributed by atoms with Crippen LogP contribution in [0.5, 0.6) is 11.5 Å². The highest BCUT2D eigenvalue weighted by atomic mass is 16.5. The number of methoxy groups -OCH3 is 2. The van der Waals surface area contributed by atoms with E-state index in [9.17, 15) is 9.59 Å². The lowest BCUT2D eigenvalue weighted by molar-refractivity contribution is -0.159. The van der Waals surface area contributed by atoms with Gasteiger partial charge in [-0.15, -0.1) is 0 Å². The number of hydrogen-bond donors (Lipinski definition) is 2. The number of carbonyl (C=O) groups is 2. The number of hydrogen-bond acceptors (Lipinski definition) is 4. The minimum atomic E-state index is -1.87. The highest BCUT2D eigenvalue weighted by Gasteiger charge is 2.56. The van der Waals surface area contributed by atoms with Gasteiger partial charge < -0.3 is 19.7 Å². The Morgan fingerprint density at radius 1 is 1.11 bits per heavy atom. The first-order chi connectivity index (χ1) is 8.47. The van der Waals surface area contributed by atoms with Crippen molar-refractivity contribution >= 4 is 11.9 Å². The second-order valence-electron chi connectivity index (χ2n) is 4.06. The maximum atomic E-state index is 11.2. The van der Waals surface area contributed by atoms with Gasteiger partial charge in [0.2, 0.25) is 0 Å². The van der Waals surface area contributed by atoms with Crippen molar-refractivity contribution in [2.45, 2.75) is 11.8 Å². The molecule has 0 heterocycles. The van der Waals surface area contributed by atoms with Crippen molar-refractivity contribution in [2.75, 3.05) is 14.2 Å². The van der Waals surface area contributed by atoms with E-state index in [4.69, 9.17) is 19.7 Å². The van der Waals surface area contributed by atoms with Gasteiger partial charge in [-0.1, -0.05) is 0 Å². The maximum absolute atomic E-state index is 11.2. The van der Waals surface area contributed by atoms with Crippen LogP contribution in [0.25, 0.3) is 0 Å². The van der Waals surface area contributed by atoms with Crippen LogP contribution in [-0.2, 0) is 21.4 Å². The summed E-state index contributed by atoms with van der Waals surface area (Å²) in [7, 11) is 2.87. The molecule has 0 radical (unpaired) electrons. The summed E-state index contributed by atoms with van der Waals surface area (Å²) in [5, 5.41) is 18.3. The van der Waals surface area contributed by atoms with Crippen molar-refractivity contribution < 1.29 is 29.3 Å². The normalized spacial score (nSPS) is 15.2. The molecular weight excluding hydrogens is 240 g/mol. The maximum Gasteiger partial charge on any atom is 0.325 e. The standard InChI is InChI=1S/C12H12O6/c1-17-8-3-6-5-12(10(13)14,11(15)16)7(6)4-9(8)18-2/h3-4H,5H2,1-2H3,(H,13,14)(H,15,16). The van der Waals surface area contributed by atoms with E-state index >= 15 is 0 Å². The van der Waals surface area contributed by atoms with E-state index in [0.717, 1.165) is 0 Å². The Morgan fingerprint density at radius 3 is 2.06 bits per heavy atom. The van der Waals surface area contributed by atoms with Crippen LogP contribution in [0.4, 0.5) is 0 Å². The van der Waals surface area contributed by atoms with E-state index in [-0.39, 0.29) is 12.0 Å². The second-order valence-corrected chi connectivity index (χ2v) is 4.06. The molecule has 1 aliphatic carbocycles. The highest BCUT2D eigenvalue weighted by molar-refractivity contribution is 6.08. The van der Waals surface area contributed by atoms with E-state index in [2.05, 4.69) is 0 Å². The molecule has 0 saturated heterocycles. The van der Waals surface area contributed by atoms with Gasteiger partial charge in [0.15, 0.2) is 16.9 Å². The quantitative estimate of drug-likeness (QED) is 0.765. The van der Waals surface area contributed by atoms with Crippen LogP contribution >= 0.6 is 0 Å². The molecule has 1 aromatic rings. The first-order valence-electron chi connectivity index (χ1n) is 5.19. The van der Waals surface area contributed by atoms with Crippen LogP contribution in [-0.4, -0.2) is 36.4 Å². The molecule has 0 spiro atoms. The zero-order valence-electron chi connectivity index (χ0n) is 9.89. The average molecular weight is 252 g/mol. The number of benzene rings is 1. The first kappa shape index (κ1) is 12.2. The van der Waals surface area contributed by atoms with Crippen LogP contribution in [0.1, 0.15) is 11.1 Å². The highest BCUT2D eigenvalue weighted by Crippen LogP contribution is 2.46. The van der Waals surface area contributed by atoms with Crippen LogP contribution < -0.4 is 9.47 Å². The van der Waals surface area contributed by atoms with Gasteiger partial charge in [0.1, 0.15) is 0 Å². The Bertz CT molecular complexity index is 520. The molecule has 0 saturated carbocycles. The lowest BCUT2D eigenvalue weighted by atomic mass is 9.63. The van der Waals surface area contributed by atoms with Gasteiger partial charge >= 0.3 is 11.9 Å². The van der Waals surface area contributed by atoms with Crippen molar-refractivity contribution in [3.05, 3.63) is 23.3 Å². The minimum Gasteiger partial charge on any atom is -0.493 e. The summed E-state index contributed by atoms with van der Waals surface area (Å²) in [6.07, 6.45) is -0.0483. The Morgan fingerprint density at radius 2 is 1.61 bits per heavy atom. The lowest BCUT2D eigenvalue weighted by Gasteiger charge is -2.37. The van der Waals surface area contributed by atoms with Crippen LogP contribution in [0.15, 0.2) is 12.1 Å². The number of carboxylic acid groups (broad SMARTS) is 2. The molecule has 0 aliphatic heterocycles. The lowest BCUT2D eigenvalue weighted by Crippen LogP contribution is -2.52. The van der Waals surface area contributed by atoms with Crippen molar-refractivity contribution in [1.29, 1.82) is 0 Å². The molecule has 2 N–H and O–H groups in total. The fourth-order valence-electron chi connectivity index (χ4n) is 2.21. The molecule has 1 aromatic carbocycles. The van der Waals surface area contributed by atoms with Gasteiger partial charge in [0.25, 0.3) is 0 Å². The van der Waals surface area contributed by atoms with E-state index in [0.29, 0.717) is 17.1 Å². The summed E-state index contributed by atoms with van der Waals surface area (Å²) in [5.74, 6) is -1.95.